The SMILES string of the molecule is CCCNc1ccc([N+](=O)[O-])cc1C(=O)N(C)CCOC. The molecule has 1 aromatic rings. The van der Waals surface area contributed by atoms with Crippen LogP contribution < -0.4 is 5.32 Å². The van der Waals surface area contributed by atoms with Gasteiger partial charge in [-0.15, -0.1) is 0 Å². The van der Waals surface area contributed by atoms with Crippen molar-refractivity contribution in [3.63, 3.8) is 0 Å². The van der Waals surface area contributed by atoms with Gasteiger partial charge in [-0.2, -0.15) is 0 Å². The van der Waals surface area contributed by atoms with Crippen molar-refractivity contribution in [1.82, 2.24) is 4.90 Å². The van der Waals surface area contributed by atoms with Crippen LogP contribution >= 0.6 is 0 Å². The second-order valence-electron chi connectivity index (χ2n) is 4.63. The first-order chi connectivity index (χ1) is 10.0. The molecule has 0 unspecified atom stereocenters. The van der Waals surface area contributed by atoms with Gasteiger partial charge in [-0.3, -0.25) is 14.9 Å². The standard InChI is InChI=1S/C14H21N3O4/c1-4-7-15-13-6-5-11(17(19)20)10-12(13)14(18)16(2)8-9-21-3/h5-6,10,15H,4,7-9H2,1-3H3. The lowest BCUT2D eigenvalue weighted by molar-refractivity contribution is -0.384. The zero-order valence-electron chi connectivity index (χ0n) is 12.6. The monoisotopic (exact) mass is 295 g/mol. The molecule has 1 aromatic carbocycles. The Morgan fingerprint density at radius 1 is 1.48 bits per heavy atom. The number of carbonyl (C=O) groups is 1. The summed E-state index contributed by atoms with van der Waals surface area (Å²) >= 11 is 0. The van der Waals surface area contributed by atoms with Crippen LogP contribution in [-0.4, -0.2) is 49.6 Å². The number of likely N-dealkylation sites (N-methyl/N-ethyl adjacent to an activating group) is 1. The van der Waals surface area contributed by atoms with Gasteiger partial charge in [0, 0.05) is 45.1 Å². The third-order valence-corrected chi connectivity index (χ3v) is 2.99. The number of anilines is 1. The van der Waals surface area contributed by atoms with Gasteiger partial charge in [0.05, 0.1) is 17.1 Å². The number of ether oxygens (including phenoxy) is 1. The Kier molecular flexibility index (Phi) is 6.61. The van der Waals surface area contributed by atoms with Crippen molar-refractivity contribution in [3.8, 4) is 0 Å². The summed E-state index contributed by atoms with van der Waals surface area (Å²) in [5, 5.41) is 14.0. The Balaban J connectivity index is 3.06. The number of methoxy groups -OCH3 is 1. The number of amides is 1. The van der Waals surface area contributed by atoms with E-state index in [-0.39, 0.29) is 11.6 Å². The zero-order valence-corrected chi connectivity index (χ0v) is 12.6. The molecule has 7 heteroatoms. The predicted molar refractivity (Wildman–Crippen MR) is 80.7 cm³/mol. The smallest absolute Gasteiger partial charge is 0.270 e. The number of benzene rings is 1. The number of carbonyl (C=O) groups excluding carboxylic acids is 1. The molecule has 0 aliphatic rings. The zero-order chi connectivity index (χ0) is 15.8. The van der Waals surface area contributed by atoms with Gasteiger partial charge in [-0.1, -0.05) is 6.92 Å². The molecule has 0 saturated heterocycles. The fraction of sp³-hybridized carbons (Fsp3) is 0.500. The lowest BCUT2D eigenvalue weighted by Crippen LogP contribution is -2.30. The number of rotatable bonds is 8. The average Bonchev–Trinajstić information content (AvgIpc) is 2.49. The van der Waals surface area contributed by atoms with E-state index in [2.05, 4.69) is 5.32 Å². The number of nitrogens with zero attached hydrogens (tertiary/aromatic N) is 2. The molecule has 0 radical (unpaired) electrons. The van der Waals surface area contributed by atoms with Gasteiger partial charge in [-0.25, -0.2) is 0 Å². The normalized spacial score (nSPS) is 10.2. The highest BCUT2D eigenvalue weighted by molar-refractivity contribution is 6.00. The van der Waals surface area contributed by atoms with E-state index in [1.165, 1.54) is 17.0 Å². The molecule has 0 bridgehead atoms. The summed E-state index contributed by atoms with van der Waals surface area (Å²) in [5.41, 5.74) is 0.813. The van der Waals surface area contributed by atoms with Crippen LogP contribution in [0, 0.1) is 10.1 Å². The third kappa shape index (κ3) is 4.71. The fourth-order valence-electron chi connectivity index (χ4n) is 1.77. The maximum atomic E-state index is 12.4. The number of non-ortho nitro benzene ring substituents is 1. The molecule has 0 saturated carbocycles. The summed E-state index contributed by atoms with van der Waals surface area (Å²) in [5.74, 6) is -0.269. The maximum absolute atomic E-state index is 12.4. The van der Waals surface area contributed by atoms with Gasteiger partial charge in [0.2, 0.25) is 0 Å². The largest absolute Gasteiger partial charge is 0.384 e. The van der Waals surface area contributed by atoms with Crippen LogP contribution in [0.1, 0.15) is 23.7 Å². The summed E-state index contributed by atoms with van der Waals surface area (Å²) in [4.78, 5) is 24.3. The van der Waals surface area contributed by atoms with E-state index >= 15 is 0 Å². The second-order valence-corrected chi connectivity index (χ2v) is 4.63. The first-order valence-corrected chi connectivity index (χ1v) is 6.78. The quantitative estimate of drug-likeness (QED) is 0.586. The Morgan fingerprint density at radius 3 is 2.76 bits per heavy atom. The van der Waals surface area contributed by atoms with Gasteiger partial charge >= 0.3 is 0 Å². The number of nitro groups is 1. The van der Waals surface area contributed by atoms with Crippen molar-refractivity contribution >= 4 is 17.3 Å². The molecule has 1 amide bonds. The van der Waals surface area contributed by atoms with Gasteiger partial charge in [-0.05, 0) is 12.5 Å². The van der Waals surface area contributed by atoms with Gasteiger partial charge in [0.1, 0.15) is 0 Å². The molecule has 116 valence electrons. The summed E-state index contributed by atoms with van der Waals surface area (Å²) in [6.07, 6.45) is 0.893. The van der Waals surface area contributed by atoms with E-state index in [0.717, 1.165) is 6.42 Å². The van der Waals surface area contributed by atoms with Crippen LogP contribution in [0.3, 0.4) is 0 Å². The van der Waals surface area contributed by atoms with E-state index in [1.54, 1.807) is 20.2 Å². The molecule has 1 N–H and O–H groups in total. The molecule has 0 aliphatic heterocycles. The molecule has 21 heavy (non-hydrogen) atoms. The summed E-state index contributed by atoms with van der Waals surface area (Å²) < 4.78 is 4.94. The molecule has 0 aromatic heterocycles. The Hall–Kier alpha value is -2.15. The second kappa shape index (κ2) is 8.21. The molecule has 0 spiro atoms. The molecule has 0 fully saturated rings. The van der Waals surface area contributed by atoms with Gasteiger partial charge in [0.15, 0.2) is 0 Å². The third-order valence-electron chi connectivity index (χ3n) is 2.99. The first kappa shape index (κ1) is 16.9. The predicted octanol–water partition coefficient (Wildman–Crippen LogP) is 2.14. The van der Waals surface area contributed by atoms with Crippen LogP contribution in [0.2, 0.25) is 0 Å². The van der Waals surface area contributed by atoms with Crippen LogP contribution in [-0.2, 0) is 4.74 Å². The summed E-state index contributed by atoms with van der Waals surface area (Å²) in [6.45, 7) is 3.53. The van der Waals surface area contributed by atoms with Gasteiger partial charge in [0.25, 0.3) is 11.6 Å². The Labute approximate surface area is 124 Å². The number of hydrogen-bond donors (Lipinski definition) is 1. The van der Waals surface area contributed by atoms with Crippen molar-refractivity contribution in [1.29, 1.82) is 0 Å². The molecule has 0 atom stereocenters. The fourth-order valence-corrected chi connectivity index (χ4v) is 1.77. The minimum atomic E-state index is -0.504. The number of nitro benzene ring substituents is 1. The lowest BCUT2D eigenvalue weighted by Gasteiger charge is -2.19. The highest BCUT2D eigenvalue weighted by Crippen LogP contribution is 2.23. The maximum Gasteiger partial charge on any atom is 0.270 e. The topological polar surface area (TPSA) is 84.7 Å². The first-order valence-electron chi connectivity index (χ1n) is 6.78. The highest BCUT2D eigenvalue weighted by Gasteiger charge is 2.19. The van der Waals surface area contributed by atoms with Crippen LogP contribution in [0.4, 0.5) is 11.4 Å². The van der Waals surface area contributed by atoms with Crippen molar-refractivity contribution in [2.45, 2.75) is 13.3 Å². The van der Waals surface area contributed by atoms with E-state index in [1.807, 2.05) is 6.92 Å². The van der Waals surface area contributed by atoms with Gasteiger partial charge < -0.3 is 15.0 Å². The molecule has 0 aliphatic carbocycles. The highest BCUT2D eigenvalue weighted by atomic mass is 16.6. The molecular formula is C14H21N3O4. The van der Waals surface area contributed by atoms with E-state index in [0.29, 0.717) is 30.9 Å². The Bertz CT molecular complexity index is 505. The van der Waals surface area contributed by atoms with Crippen molar-refractivity contribution in [2.24, 2.45) is 0 Å². The van der Waals surface area contributed by atoms with E-state index < -0.39 is 4.92 Å². The number of nitrogens with one attached hydrogen (secondary N) is 1. The van der Waals surface area contributed by atoms with Crippen LogP contribution in [0.15, 0.2) is 18.2 Å². The molecule has 1 rings (SSSR count). The average molecular weight is 295 g/mol. The minimum Gasteiger partial charge on any atom is -0.384 e. The lowest BCUT2D eigenvalue weighted by atomic mass is 10.1. The van der Waals surface area contributed by atoms with E-state index in [4.69, 9.17) is 4.74 Å². The van der Waals surface area contributed by atoms with Crippen LogP contribution in [0.5, 0.6) is 0 Å². The van der Waals surface area contributed by atoms with Crippen molar-refractivity contribution in [2.75, 3.05) is 39.2 Å². The Morgan fingerprint density at radius 2 is 2.19 bits per heavy atom. The van der Waals surface area contributed by atoms with Crippen molar-refractivity contribution < 1.29 is 14.5 Å². The summed E-state index contributed by atoms with van der Waals surface area (Å²) in [6, 6.07) is 4.28. The molecule has 0 heterocycles. The minimum absolute atomic E-state index is 0.0967. The van der Waals surface area contributed by atoms with Crippen LogP contribution in [0.25, 0.3) is 0 Å². The van der Waals surface area contributed by atoms with E-state index in [9.17, 15) is 14.9 Å². The molecule has 7 nitrogen and oxygen atoms in total. The summed E-state index contributed by atoms with van der Waals surface area (Å²) in [7, 11) is 3.20. The molecular weight excluding hydrogens is 274 g/mol. The van der Waals surface area contributed by atoms with Crippen molar-refractivity contribution in [3.05, 3.63) is 33.9 Å². The number of hydrogen-bond acceptors (Lipinski definition) is 5.